The molecule has 0 unspecified atom stereocenters. The highest BCUT2D eigenvalue weighted by Gasteiger charge is 2.43. The summed E-state index contributed by atoms with van der Waals surface area (Å²) in [6, 6.07) is 37.3. The molecule has 3 aliphatic rings. The van der Waals surface area contributed by atoms with Crippen LogP contribution in [-0.4, -0.2) is 93.2 Å². The Balaban J connectivity index is 0.000000163. The number of fused-ring (bicyclic) bond motifs is 5. The first kappa shape index (κ1) is 60.2. The predicted molar refractivity (Wildman–Crippen MR) is 297 cm³/mol. The summed E-state index contributed by atoms with van der Waals surface area (Å²) < 4.78 is 26.3. The van der Waals surface area contributed by atoms with Crippen molar-refractivity contribution in [1.82, 2.24) is 15.0 Å². The Bertz CT molecular complexity index is 3740. The molecule has 5 heterocycles. The number of carbonyl (C=O) groups is 10. The van der Waals surface area contributed by atoms with E-state index in [-0.39, 0.29) is 115 Å². The molecular weight excluding hydrogens is 1110 g/mol. The van der Waals surface area contributed by atoms with Crippen molar-refractivity contribution in [2.45, 2.75) is 34.1 Å². The summed E-state index contributed by atoms with van der Waals surface area (Å²) in [5, 5.41) is 6.82. The first-order chi connectivity index (χ1) is 40.0. The van der Waals surface area contributed by atoms with Crippen LogP contribution in [0.3, 0.4) is 0 Å². The Morgan fingerprint density at radius 3 is 1.30 bits per heavy atom. The smallest absolute Gasteiger partial charge is 0.342 e. The number of hydrogen-bond acceptors (Lipinski definition) is 19. The van der Waals surface area contributed by atoms with Gasteiger partial charge in [-0.1, -0.05) is 114 Å². The van der Waals surface area contributed by atoms with Crippen LogP contribution in [0, 0.1) is 11.3 Å². The van der Waals surface area contributed by atoms with E-state index in [1.807, 2.05) is 18.2 Å². The van der Waals surface area contributed by atoms with E-state index in [2.05, 4.69) is 19.7 Å². The number of carbonyl (C=O) groups excluding carboxylic acids is 10. The van der Waals surface area contributed by atoms with Gasteiger partial charge in [0.05, 0.1) is 53.7 Å². The second-order valence-corrected chi connectivity index (χ2v) is 17.7. The molecule has 416 valence electrons. The van der Waals surface area contributed by atoms with Crippen molar-refractivity contribution in [3.63, 3.8) is 0 Å². The van der Waals surface area contributed by atoms with Gasteiger partial charge in [0, 0.05) is 42.2 Å². The highest BCUT2D eigenvalue weighted by atomic mass is 35.5. The van der Waals surface area contributed by atoms with Crippen molar-refractivity contribution in [2.24, 2.45) is 0 Å². The third-order valence-electron chi connectivity index (χ3n) is 11.8. The van der Waals surface area contributed by atoms with E-state index < -0.39 is 52.6 Å². The van der Waals surface area contributed by atoms with Gasteiger partial charge in [0.25, 0.3) is 0 Å². The van der Waals surface area contributed by atoms with Crippen LogP contribution in [0.25, 0.3) is 22.6 Å². The molecule has 21 heteroatoms. The van der Waals surface area contributed by atoms with Gasteiger partial charge in [-0.25, -0.2) is 9.59 Å². The Labute approximate surface area is 482 Å². The lowest BCUT2D eigenvalue weighted by molar-refractivity contribution is -0.142. The maximum Gasteiger partial charge on any atom is 0.342 e. The third kappa shape index (κ3) is 13.0. The highest BCUT2D eigenvalue weighted by molar-refractivity contribution is 6.59. The molecular formula is C62H44Cl2N4O15. The van der Waals surface area contributed by atoms with E-state index in [0.29, 0.717) is 23.3 Å². The first-order valence-corrected chi connectivity index (χ1v) is 25.8. The van der Waals surface area contributed by atoms with Crippen molar-refractivity contribution in [3.8, 4) is 28.7 Å². The van der Waals surface area contributed by atoms with Crippen LogP contribution in [-0.2, 0) is 19.0 Å². The molecule has 3 aromatic carbocycles. The van der Waals surface area contributed by atoms with E-state index in [9.17, 15) is 47.9 Å². The highest BCUT2D eigenvalue weighted by Crippen LogP contribution is 2.40. The van der Waals surface area contributed by atoms with Gasteiger partial charge in [-0.15, -0.1) is 0 Å². The van der Waals surface area contributed by atoms with Gasteiger partial charge in [0.2, 0.25) is 28.9 Å². The molecule has 0 aliphatic heterocycles. The molecule has 0 bridgehead atoms. The lowest BCUT2D eigenvalue weighted by atomic mass is 9.89. The number of nitrogens with zero attached hydrogens (tertiary/aromatic N) is 4. The van der Waals surface area contributed by atoms with Gasteiger partial charge < -0.3 is 23.0 Å². The molecule has 0 spiro atoms. The number of nitriles is 1. The van der Waals surface area contributed by atoms with Crippen LogP contribution < -0.4 is 0 Å². The molecule has 0 N–H and O–H groups in total. The third-order valence-corrected chi connectivity index (χ3v) is 12.6. The minimum atomic E-state index is -0.711. The maximum absolute atomic E-state index is 13.0. The second kappa shape index (κ2) is 27.6. The zero-order chi connectivity index (χ0) is 59.9. The summed E-state index contributed by atoms with van der Waals surface area (Å²) in [5.74, 6) is -5.11. The van der Waals surface area contributed by atoms with E-state index in [4.69, 9.17) is 46.8 Å². The van der Waals surface area contributed by atoms with Crippen molar-refractivity contribution in [3.05, 3.63) is 229 Å². The number of rotatable bonds is 10. The monoisotopic (exact) mass is 1150 g/mol. The van der Waals surface area contributed by atoms with Gasteiger partial charge >= 0.3 is 17.9 Å². The largest absolute Gasteiger partial charge is 0.466 e. The number of allylic oxidation sites excluding steroid dienone is 2. The number of ketones is 7. The lowest BCUT2D eigenvalue weighted by Crippen LogP contribution is -2.23. The number of Topliss-reactive ketones (excluding diaryl/α,β-unsaturated/α-hetero) is 3. The van der Waals surface area contributed by atoms with Gasteiger partial charge in [0.1, 0.15) is 56.2 Å². The maximum atomic E-state index is 13.0. The zero-order valence-corrected chi connectivity index (χ0v) is 45.9. The van der Waals surface area contributed by atoms with Crippen LogP contribution in [0.1, 0.15) is 150 Å². The van der Waals surface area contributed by atoms with Crippen molar-refractivity contribution in [1.29, 1.82) is 5.26 Å². The molecule has 0 saturated heterocycles. The average Bonchev–Trinajstić information content (AvgIpc) is 2.23. The molecule has 0 saturated carbocycles. The Morgan fingerprint density at radius 1 is 0.470 bits per heavy atom. The summed E-state index contributed by atoms with van der Waals surface area (Å²) >= 11 is 11.2. The number of furan rings is 2. The van der Waals surface area contributed by atoms with Gasteiger partial charge in [-0.3, -0.25) is 53.3 Å². The molecule has 19 nitrogen and oxygen atoms in total. The Morgan fingerprint density at radius 2 is 0.843 bits per heavy atom. The van der Waals surface area contributed by atoms with Crippen molar-refractivity contribution < 1.29 is 71.0 Å². The average molecular weight is 1160 g/mol. The van der Waals surface area contributed by atoms with Gasteiger partial charge in [0.15, 0.2) is 23.1 Å². The number of halogens is 2. The lowest BCUT2D eigenvalue weighted by Gasteiger charge is -2.12. The number of esters is 3. The summed E-state index contributed by atoms with van der Waals surface area (Å²) in [7, 11) is 0. The molecule has 0 radical (unpaired) electrons. The van der Waals surface area contributed by atoms with E-state index in [0.717, 1.165) is 0 Å². The summed E-state index contributed by atoms with van der Waals surface area (Å²) in [6.07, 6.45) is 4.10. The van der Waals surface area contributed by atoms with E-state index in [1.165, 1.54) is 43.7 Å². The van der Waals surface area contributed by atoms with Crippen molar-refractivity contribution >= 4 is 81.6 Å². The number of hydrogen-bond donors (Lipinski definition) is 0. The first-order valence-electron chi connectivity index (χ1n) is 25.1. The fourth-order valence-corrected chi connectivity index (χ4v) is 8.64. The molecule has 8 aromatic rings. The zero-order valence-electron chi connectivity index (χ0n) is 44.4. The minimum absolute atomic E-state index is 0.0101. The van der Waals surface area contributed by atoms with E-state index >= 15 is 0 Å². The van der Waals surface area contributed by atoms with Gasteiger partial charge in [-0.2, -0.15) is 5.26 Å². The van der Waals surface area contributed by atoms with Crippen LogP contribution in [0.15, 0.2) is 165 Å². The normalized spacial score (nSPS) is 12.2. The van der Waals surface area contributed by atoms with Crippen LogP contribution >= 0.6 is 23.2 Å². The summed E-state index contributed by atoms with van der Waals surface area (Å²) in [5.41, 5.74) is 2.08. The molecule has 11 rings (SSSR count). The summed E-state index contributed by atoms with van der Waals surface area (Å²) in [4.78, 5) is 134. The van der Waals surface area contributed by atoms with Crippen molar-refractivity contribution in [2.75, 3.05) is 19.8 Å². The molecule has 3 aliphatic carbocycles. The summed E-state index contributed by atoms with van der Waals surface area (Å²) in [6.45, 7) is 7.04. The topological polar surface area (TPSA) is 287 Å². The fourth-order valence-electron chi connectivity index (χ4n) is 8.28. The molecule has 83 heavy (non-hydrogen) atoms. The van der Waals surface area contributed by atoms with Crippen LogP contribution in [0.4, 0.5) is 0 Å². The Hall–Kier alpha value is -10.4. The number of ether oxygens (including phenoxy) is 3. The standard InChI is InChI=1S/2C20H13NO5.C11H12O3.C9H3Cl2NO2.C2H3N/c1-2-25-20(24)14-13-17(23)15-12(9-6-10-21-15)16(22)19(13)26-18(14)11-7-4-3-5-8-11;1-2-25-20(24)14-13-16(22)12-9-6-10-21-15(12)17(23)19(13)26-18(14)11-7-4-3-5-8-11;1-2-14-11(13)8-10(12)9-6-4-3-5-7-9;10-5-6(11)9(14)7-4(8(5)13)2-1-3-12-7;1-2-3/h2*3-10H,2H2,1H3;3-7H,2,8H2,1H3;1-3H;1H3. The fraction of sp³-hybridized carbons (Fsp3) is 0.129. The number of benzene rings is 3. The second-order valence-electron chi connectivity index (χ2n) is 17.0. The van der Waals surface area contributed by atoms with Crippen LogP contribution in [0.5, 0.6) is 0 Å². The SMILES string of the molecule is CC#N.CCOC(=O)CC(=O)c1ccccc1.CCOC(=O)c1c(-c2ccccc2)oc2c1C(=O)c1cccnc1C2=O.CCOC(=O)c1c(-c2ccccc2)oc2c1C(=O)c1ncccc1C2=O.O=C1C(Cl)=C(Cl)C(=O)c2ncccc21. The van der Waals surface area contributed by atoms with E-state index in [1.54, 1.807) is 118 Å². The predicted octanol–water partition coefficient (Wildman–Crippen LogP) is 11.1. The van der Waals surface area contributed by atoms with Gasteiger partial charge in [-0.05, 0) is 57.2 Å². The number of aromatic nitrogens is 3. The molecule has 5 aromatic heterocycles. The quantitative estimate of drug-likeness (QED) is 0.0532. The Kier molecular flexibility index (Phi) is 20.1. The minimum Gasteiger partial charge on any atom is -0.466 e. The number of pyridine rings is 3. The molecule has 0 atom stereocenters. The molecule has 0 amide bonds. The van der Waals surface area contributed by atoms with Crippen LogP contribution in [0.2, 0.25) is 0 Å². The molecule has 0 fully saturated rings.